The van der Waals surface area contributed by atoms with Gasteiger partial charge in [0.25, 0.3) is 0 Å². The van der Waals surface area contributed by atoms with Crippen LogP contribution in [0.5, 0.6) is 5.75 Å². The molecule has 1 fully saturated rings. The summed E-state index contributed by atoms with van der Waals surface area (Å²) >= 11 is 0. The zero-order valence-electron chi connectivity index (χ0n) is 15.1. The van der Waals surface area contributed by atoms with E-state index in [1.807, 2.05) is 17.0 Å². The number of hydrogen-bond donors (Lipinski definition) is 1. The molecule has 2 N–H and O–H groups in total. The lowest BCUT2D eigenvalue weighted by atomic mass is 9.80. The fraction of sp³-hybridized carbons (Fsp3) is 0.632. The Balaban J connectivity index is 0.00000288. The van der Waals surface area contributed by atoms with Gasteiger partial charge in [0.05, 0.1) is 12.5 Å². The summed E-state index contributed by atoms with van der Waals surface area (Å²) in [4.78, 5) is 14.9. The molecule has 5 heteroatoms. The van der Waals surface area contributed by atoms with Crippen LogP contribution >= 0.6 is 12.4 Å². The predicted octanol–water partition coefficient (Wildman–Crippen LogP) is 3.59. The summed E-state index contributed by atoms with van der Waals surface area (Å²) in [6, 6.07) is 8.29. The zero-order chi connectivity index (χ0) is 16.9. The smallest absolute Gasteiger partial charge is 0.230 e. The SMILES string of the molecule is CCC(CC)(CN)C(=O)N1CCC(c2cccc(OC)c2)CC1.Cl. The van der Waals surface area contributed by atoms with Crippen molar-refractivity contribution in [3.63, 3.8) is 0 Å². The van der Waals surface area contributed by atoms with Crippen molar-refractivity contribution >= 4 is 18.3 Å². The molecule has 1 saturated heterocycles. The second-order valence-electron chi connectivity index (χ2n) is 6.53. The fourth-order valence-electron chi connectivity index (χ4n) is 3.58. The van der Waals surface area contributed by atoms with Crippen LogP contribution in [0.15, 0.2) is 24.3 Å². The number of hydrogen-bond acceptors (Lipinski definition) is 3. The van der Waals surface area contributed by atoms with Crippen molar-refractivity contribution < 1.29 is 9.53 Å². The third-order valence-electron chi connectivity index (χ3n) is 5.55. The first kappa shape index (κ1) is 20.8. The number of benzene rings is 1. The number of nitrogens with zero attached hydrogens (tertiary/aromatic N) is 1. The van der Waals surface area contributed by atoms with Gasteiger partial charge < -0.3 is 15.4 Å². The van der Waals surface area contributed by atoms with Gasteiger partial charge in [-0.05, 0) is 49.3 Å². The molecule has 4 nitrogen and oxygen atoms in total. The molecule has 2 rings (SSSR count). The van der Waals surface area contributed by atoms with Crippen molar-refractivity contribution in [1.82, 2.24) is 4.90 Å². The van der Waals surface area contributed by atoms with E-state index >= 15 is 0 Å². The lowest BCUT2D eigenvalue weighted by Crippen LogP contribution is -2.49. The van der Waals surface area contributed by atoms with E-state index in [1.165, 1.54) is 5.56 Å². The van der Waals surface area contributed by atoms with E-state index in [1.54, 1.807) is 7.11 Å². The molecule has 0 radical (unpaired) electrons. The molecule has 0 aliphatic carbocycles. The van der Waals surface area contributed by atoms with Crippen LogP contribution in [0.2, 0.25) is 0 Å². The van der Waals surface area contributed by atoms with E-state index in [2.05, 4.69) is 26.0 Å². The van der Waals surface area contributed by atoms with Gasteiger partial charge in [-0.3, -0.25) is 4.79 Å². The monoisotopic (exact) mass is 354 g/mol. The molecule has 0 atom stereocenters. The summed E-state index contributed by atoms with van der Waals surface area (Å²) in [5, 5.41) is 0. The number of ether oxygens (including phenoxy) is 1. The Morgan fingerprint density at radius 3 is 2.42 bits per heavy atom. The van der Waals surface area contributed by atoms with Crippen LogP contribution in [0, 0.1) is 5.41 Å². The molecule has 0 unspecified atom stereocenters. The quantitative estimate of drug-likeness (QED) is 0.849. The van der Waals surface area contributed by atoms with Gasteiger partial charge in [-0.2, -0.15) is 0 Å². The Labute approximate surface area is 152 Å². The lowest BCUT2D eigenvalue weighted by Gasteiger charge is -2.39. The summed E-state index contributed by atoms with van der Waals surface area (Å²) in [5.41, 5.74) is 6.87. The van der Waals surface area contributed by atoms with Crippen LogP contribution < -0.4 is 10.5 Å². The molecule has 1 heterocycles. The van der Waals surface area contributed by atoms with E-state index in [4.69, 9.17) is 10.5 Å². The normalized spacial score (nSPS) is 15.8. The largest absolute Gasteiger partial charge is 0.497 e. The highest BCUT2D eigenvalue weighted by molar-refractivity contribution is 5.85. The van der Waals surface area contributed by atoms with Gasteiger partial charge in [0, 0.05) is 19.6 Å². The number of nitrogens with two attached hydrogens (primary N) is 1. The molecule has 0 spiro atoms. The zero-order valence-corrected chi connectivity index (χ0v) is 15.9. The average Bonchev–Trinajstić information content (AvgIpc) is 2.63. The summed E-state index contributed by atoms with van der Waals surface area (Å²) in [6.07, 6.45) is 3.64. The average molecular weight is 355 g/mol. The highest BCUT2D eigenvalue weighted by atomic mass is 35.5. The fourth-order valence-corrected chi connectivity index (χ4v) is 3.58. The Hall–Kier alpha value is -1.26. The van der Waals surface area contributed by atoms with Gasteiger partial charge in [0.2, 0.25) is 5.91 Å². The molecular weight excluding hydrogens is 324 g/mol. The van der Waals surface area contributed by atoms with Crippen molar-refractivity contribution in [2.45, 2.75) is 45.4 Å². The molecule has 0 bridgehead atoms. The number of piperidine rings is 1. The van der Waals surface area contributed by atoms with Crippen molar-refractivity contribution in [2.75, 3.05) is 26.7 Å². The molecule has 1 aromatic carbocycles. The van der Waals surface area contributed by atoms with Crippen molar-refractivity contribution in [3.05, 3.63) is 29.8 Å². The van der Waals surface area contributed by atoms with E-state index in [-0.39, 0.29) is 23.7 Å². The van der Waals surface area contributed by atoms with Gasteiger partial charge in [-0.25, -0.2) is 0 Å². The first-order valence-electron chi connectivity index (χ1n) is 8.73. The number of methoxy groups -OCH3 is 1. The first-order valence-corrected chi connectivity index (χ1v) is 8.73. The van der Waals surface area contributed by atoms with Crippen LogP contribution in [0.3, 0.4) is 0 Å². The Morgan fingerprint density at radius 2 is 1.92 bits per heavy atom. The van der Waals surface area contributed by atoms with Crippen molar-refractivity contribution in [1.29, 1.82) is 0 Å². The number of rotatable bonds is 6. The van der Waals surface area contributed by atoms with Gasteiger partial charge in [0.1, 0.15) is 5.75 Å². The standard InChI is InChI=1S/C19H30N2O2.ClH/c1-4-19(5-2,14-20)18(22)21-11-9-15(10-12-21)16-7-6-8-17(13-16)23-3;/h6-8,13,15H,4-5,9-12,14,20H2,1-3H3;1H. The summed E-state index contributed by atoms with van der Waals surface area (Å²) in [5.74, 6) is 1.65. The molecule has 0 saturated carbocycles. The maximum Gasteiger partial charge on any atom is 0.230 e. The maximum atomic E-state index is 12.9. The van der Waals surface area contributed by atoms with Crippen LogP contribution in [0.4, 0.5) is 0 Å². The van der Waals surface area contributed by atoms with Crippen LogP contribution in [0.1, 0.15) is 51.0 Å². The number of likely N-dealkylation sites (tertiary alicyclic amines) is 1. The van der Waals surface area contributed by atoms with Crippen molar-refractivity contribution in [3.8, 4) is 5.75 Å². The molecule has 1 amide bonds. The number of carbonyl (C=O) groups is 1. The summed E-state index contributed by atoms with van der Waals surface area (Å²) in [6.45, 7) is 6.22. The number of halogens is 1. The molecule has 1 aliphatic rings. The van der Waals surface area contributed by atoms with Gasteiger partial charge in [0.15, 0.2) is 0 Å². The second-order valence-corrected chi connectivity index (χ2v) is 6.53. The van der Waals surface area contributed by atoms with Crippen molar-refractivity contribution in [2.24, 2.45) is 11.1 Å². The Kier molecular flexibility index (Phi) is 8.04. The molecule has 136 valence electrons. The maximum absolute atomic E-state index is 12.9. The molecule has 0 aromatic heterocycles. The lowest BCUT2D eigenvalue weighted by molar-refractivity contribution is -0.143. The molecular formula is C19H31ClN2O2. The van der Waals surface area contributed by atoms with E-state index < -0.39 is 0 Å². The molecule has 1 aliphatic heterocycles. The minimum absolute atomic E-state index is 0. The molecule has 1 aromatic rings. The third kappa shape index (κ3) is 4.22. The third-order valence-corrected chi connectivity index (χ3v) is 5.55. The predicted molar refractivity (Wildman–Crippen MR) is 101 cm³/mol. The van der Waals surface area contributed by atoms with Gasteiger partial charge >= 0.3 is 0 Å². The van der Waals surface area contributed by atoms with Crippen LogP contribution in [0.25, 0.3) is 0 Å². The number of amides is 1. The van der Waals surface area contributed by atoms with E-state index in [9.17, 15) is 4.79 Å². The Morgan fingerprint density at radius 1 is 1.29 bits per heavy atom. The second kappa shape index (κ2) is 9.28. The summed E-state index contributed by atoms with van der Waals surface area (Å²) in [7, 11) is 1.70. The number of carbonyl (C=O) groups excluding carboxylic acids is 1. The van der Waals surface area contributed by atoms with Crippen LogP contribution in [-0.4, -0.2) is 37.6 Å². The van der Waals surface area contributed by atoms with Crippen LogP contribution in [-0.2, 0) is 4.79 Å². The van der Waals surface area contributed by atoms with E-state index in [0.717, 1.165) is 44.5 Å². The van der Waals surface area contributed by atoms with Gasteiger partial charge in [-0.15, -0.1) is 12.4 Å². The van der Waals surface area contributed by atoms with E-state index in [0.29, 0.717) is 12.5 Å². The van der Waals surface area contributed by atoms with Gasteiger partial charge in [-0.1, -0.05) is 26.0 Å². The minimum Gasteiger partial charge on any atom is -0.497 e. The highest BCUT2D eigenvalue weighted by Gasteiger charge is 2.38. The highest BCUT2D eigenvalue weighted by Crippen LogP contribution is 2.33. The topological polar surface area (TPSA) is 55.6 Å². The first-order chi connectivity index (χ1) is 11.1. The molecule has 24 heavy (non-hydrogen) atoms. The Bertz CT molecular complexity index is 516. The summed E-state index contributed by atoms with van der Waals surface area (Å²) < 4.78 is 5.31. The minimum atomic E-state index is -0.372.